The lowest BCUT2D eigenvalue weighted by Crippen LogP contribution is -2.36. The SMILES string of the molecule is C/C(=C\C(=O)c1ccc(N(C)C)cc1)NNC(=O)c1ccc([N+](=O)[O-])cc1. The van der Waals surface area contributed by atoms with Crippen LogP contribution in [0, 0.1) is 10.1 Å². The van der Waals surface area contributed by atoms with Crippen molar-refractivity contribution in [3.8, 4) is 0 Å². The summed E-state index contributed by atoms with van der Waals surface area (Å²) in [5.41, 5.74) is 7.22. The number of allylic oxidation sites excluding steroid dienone is 2. The molecule has 2 N–H and O–H groups in total. The Morgan fingerprint density at radius 1 is 0.963 bits per heavy atom. The van der Waals surface area contributed by atoms with Gasteiger partial charge in [-0.05, 0) is 43.3 Å². The zero-order valence-electron chi connectivity index (χ0n) is 15.2. The lowest BCUT2D eigenvalue weighted by molar-refractivity contribution is -0.384. The van der Waals surface area contributed by atoms with Gasteiger partial charge in [0.1, 0.15) is 0 Å². The first-order valence-corrected chi connectivity index (χ1v) is 8.09. The van der Waals surface area contributed by atoms with Gasteiger partial charge in [-0.25, -0.2) is 0 Å². The summed E-state index contributed by atoms with van der Waals surface area (Å²) >= 11 is 0. The van der Waals surface area contributed by atoms with Crippen molar-refractivity contribution in [2.45, 2.75) is 6.92 Å². The summed E-state index contributed by atoms with van der Waals surface area (Å²) in [5.74, 6) is -0.671. The maximum Gasteiger partial charge on any atom is 0.269 e. The van der Waals surface area contributed by atoms with Crippen LogP contribution in [0.2, 0.25) is 0 Å². The predicted octanol–water partition coefficient (Wildman–Crippen LogP) is 2.68. The number of hydrogen-bond donors (Lipinski definition) is 2. The van der Waals surface area contributed by atoms with E-state index in [-0.39, 0.29) is 17.0 Å². The standard InChI is InChI=1S/C19H20N4O4/c1-13(12-18(24)14-4-8-16(9-5-14)22(2)3)20-21-19(25)15-6-10-17(11-7-15)23(26)27/h4-12,20H,1-3H3,(H,21,25)/b13-12+. The summed E-state index contributed by atoms with van der Waals surface area (Å²) in [6.45, 7) is 1.64. The van der Waals surface area contributed by atoms with E-state index in [1.165, 1.54) is 30.3 Å². The van der Waals surface area contributed by atoms with Gasteiger partial charge >= 0.3 is 0 Å². The average Bonchev–Trinajstić information content (AvgIpc) is 2.66. The van der Waals surface area contributed by atoms with Gasteiger partial charge in [-0.1, -0.05) is 0 Å². The van der Waals surface area contributed by atoms with E-state index >= 15 is 0 Å². The van der Waals surface area contributed by atoms with E-state index in [0.29, 0.717) is 11.3 Å². The van der Waals surface area contributed by atoms with Crippen molar-refractivity contribution in [3.63, 3.8) is 0 Å². The van der Waals surface area contributed by atoms with Crippen LogP contribution in [-0.2, 0) is 0 Å². The third-order valence-corrected chi connectivity index (χ3v) is 3.73. The minimum atomic E-state index is -0.538. The number of anilines is 1. The fraction of sp³-hybridized carbons (Fsp3) is 0.158. The lowest BCUT2D eigenvalue weighted by atomic mass is 10.1. The Hall–Kier alpha value is -3.68. The Labute approximate surface area is 156 Å². The molecule has 0 bridgehead atoms. The third-order valence-electron chi connectivity index (χ3n) is 3.73. The largest absolute Gasteiger partial charge is 0.378 e. The molecule has 0 heterocycles. The molecule has 0 aliphatic carbocycles. The number of non-ortho nitro benzene ring substituents is 1. The minimum Gasteiger partial charge on any atom is -0.378 e. The number of amides is 1. The topological polar surface area (TPSA) is 105 Å². The molecule has 140 valence electrons. The van der Waals surface area contributed by atoms with Crippen molar-refractivity contribution in [2.24, 2.45) is 0 Å². The Morgan fingerprint density at radius 2 is 1.52 bits per heavy atom. The van der Waals surface area contributed by atoms with E-state index in [0.717, 1.165) is 5.69 Å². The molecule has 0 aliphatic rings. The minimum absolute atomic E-state index is 0.0959. The monoisotopic (exact) mass is 368 g/mol. The zero-order valence-corrected chi connectivity index (χ0v) is 15.2. The van der Waals surface area contributed by atoms with Crippen LogP contribution in [0.25, 0.3) is 0 Å². The molecule has 2 aromatic rings. The molecule has 1 amide bonds. The number of benzene rings is 2. The van der Waals surface area contributed by atoms with Crippen LogP contribution < -0.4 is 15.8 Å². The van der Waals surface area contributed by atoms with Crippen LogP contribution in [0.1, 0.15) is 27.6 Å². The van der Waals surface area contributed by atoms with Crippen molar-refractivity contribution in [2.75, 3.05) is 19.0 Å². The predicted molar refractivity (Wildman–Crippen MR) is 103 cm³/mol. The molecule has 8 heteroatoms. The smallest absolute Gasteiger partial charge is 0.269 e. The number of ketones is 1. The molecule has 0 atom stereocenters. The van der Waals surface area contributed by atoms with E-state index in [2.05, 4.69) is 10.9 Å². The number of carbonyl (C=O) groups excluding carboxylic acids is 2. The highest BCUT2D eigenvalue weighted by atomic mass is 16.6. The number of hydrazine groups is 1. The van der Waals surface area contributed by atoms with Crippen LogP contribution in [0.3, 0.4) is 0 Å². The Bertz CT molecular complexity index is 872. The number of nitro benzene ring substituents is 1. The molecule has 2 aromatic carbocycles. The number of hydrogen-bond acceptors (Lipinski definition) is 6. The van der Waals surface area contributed by atoms with Crippen LogP contribution in [0.15, 0.2) is 60.3 Å². The summed E-state index contributed by atoms with van der Waals surface area (Å²) in [5, 5.41) is 10.6. The van der Waals surface area contributed by atoms with Gasteiger partial charge in [-0.2, -0.15) is 0 Å². The van der Waals surface area contributed by atoms with Gasteiger partial charge in [0.15, 0.2) is 5.78 Å². The lowest BCUT2D eigenvalue weighted by Gasteiger charge is -2.12. The van der Waals surface area contributed by atoms with Crippen molar-refractivity contribution >= 4 is 23.1 Å². The highest BCUT2D eigenvalue weighted by Crippen LogP contribution is 2.13. The number of rotatable bonds is 7. The second-order valence-electron chi connectivity index (χ2n) is 6.02. The molecule has 0 fully saturated rings. The second kappa shape index (κ2) is 8.61. The Balaban J connectivity index is 1.95. The molecular weight excluding hydrogens is 348 g/mol. The Kier molecular flexibility index (Phi) is 6.27. The van der Waals surface area contributed by atoms with E-state index in [9.17, 15) is 19.7 Å². The maximum atomic E-state index is 12.2. The van der Waals surface area contributed by atoms with Gasteiger partial charge in [0.25, 0.3) is 11.6 Å². The van der Waals surface area contributed by atoms with Crippen LogP contribution in [0.5, 0.6) is 0 Å². The number of carbonyl (C=O) groups is 2. The maximum absolute atomic E-state index is 12.2. The molecule has 0 radical (unpaired) electrons. The summed E-state index contributed by atoms with van der Waals surface area (Å²) in [4.78, 5) is 36.3. The first-order valence-electron chi connectivity index (χ1n) is 8.09. The molecule has 0 saturated heterocycles. The van der Waals surface area contributed by atoms with Crippen molar-refractivity contribution in [1.82, 2.24) is 10.9 Å². The molecule has 0 spiro atoms. The van der Waals surface area contributed by atoms with Gasteiger partial charge in [0, 0.05) is 54.8 Å². The fourth-order valence-corrected chi connectivity index (χ4v) is 2.20. The molecule has 27 heavy (non-hydrogen) atoms. The van der Waals surface area contributed by atoms with E-state index < -0.39 is 10.8 Å². The van der Waals surface area contributed by atoms with E-state index in [1.54, 1.807) is 19.1 Å². The quantitative estimate of drug-likeness (QED) is 0.337. The zero-order chi connectivity index (χ0) is 20.0. The van der Waals surface area contributed by atoms with Crippen LogP contribution in [0.4, 0.5) is 11.4 Å². The van der Waals surface area contributed by atoms with Crippen LogP contribution in [-0.4, -0.2) is 30.7 Å². The third kappa shape index (κ3) is 5.40. The van der Waals surface area contributed by atoms with Crippen molar-refractivity contribution in [3.05, 3.63) is 81.5 Å². The van der Waals surface area contributed by atoms with Gasteiger partial charge in [-0.15, -0.1) is 0 Å². The Morgan fingerprint density at radius 3 is 2.04 bits per heavy atom. The van der Waals surface area contributed by atoms with Gasteiger partial charge in [0.05, 0.1) is 4.92 Å². The summed E-state index contributed by atoms with van der Waals surface area (Å²) in [6, 6.07) is 12.4. The average molecular weight is 368 g/mol. The summed E-state index contributed by atoms with van der Waals surface area (Å²) in [7, 11) is 3.83. The van der Waals surface area contributed by atoms with Crippen molar-refractivity contribution in [1.29, 1.82) is 0 Å². The number of nitrogens with one attached hydrogen (secondary N) is 2. The summed E-state index contributed by atoms with van der Waals surface area (Å²) < 4.78 is 0. The number of nitrogens with zero attached hydrogens (tertiary/aromatic N) is 2. The summed E-state index contributed by atoms with van der Waals surface area (Å²) in [6.07, 6.45) is 1.38. The van der Waals surface area contributed by atoms with Crippen LogP contribution >= 0.6 is 0 Å². The molecule has 0 aromatic heterocycles. The fourth-order valence-electron chi connectivity index (χ4n) is 2.20. The molecule has 0 aliphatic heterocycles. The van der Waals surface area contributed by atoms with Gasteiger partial charge < -0.3 is 10.3 Å². The molecular formula is C19H20N4O4. The van der Waals surface area contributed by atoms with Crippen molar-refractivity contribution < 1.29 is 14.5 Å². The molecule has 0 saturated carbocycles. The first-order chi connectivity index (χ1) is 12.8. The first kappa shape index (κ1) is 19.6. The normalized spacial score (nSPS) is 10.9. The molecule has 2 rings (SSSR count). The molecule has 8 nitrogen and oxygen atoms in total. The number of nitro groups is 1. The van der Waals surface area contributed by atoms with E-state index in [4.69, 9.17) is 0 Å². The highest BCUT2D eigenvalue weighted by Gasteiger charge is 2.09. The second-order valence-corrected chi connectivity index (χ2v) is 6.02. The van der Waals surface area contributed by atoms with E-state index in [1.807, 2.05) is 31.1 Å². The van der Waals surface area contributed by atoms with Gasteiger partial charge in [-0.3, -0.25) is 25.1 Å². The van der Waals surface area contributed by atoms with Gasteiger partial charge in [0.2, 0.25) is 0 Å². The highest BCUT2D eigenvalue weighted by molar-refractivity contribution is 6.05. The molecule has 0 unspecified atom stereocenters.